The SMILES string of the molecule is CO[C@@H]1C[C@@]2(C)C(=CC=C3[C@@H]4C[C@@H](O)[C@H](N)[C@@]4(C)CC[C@@H]32)C[C@H]1O. The number of aliphatic hydroxyl groups excluding tert-OH is 2. The number of rotatable bonds is 1. The minimum atomic E-state index is -0.403. The molecule has 0 amide bonds. The maximum atomic E-state index is 10.4. The Morgan fingerprint density at radius 1 is 1.17 bits per heavy atom. The first kappa shape index (κ1) is 16.8. The number of aliphatic hydroxyl groups is 2. The predicted octanol–water partition coefficient (Wildman–Crippen LogP) is 2.15. The van der Waals surface area contributed by atoms with E-state index in [0.29, 0.717) is 18.3 Å². The van der Waals surface area contributed by atoms with E-state index >= 15 is 0 Å². The normalized spacial score (nSPS) is 53.6. The smallest absolute Gasteiger partial charge is 0.0841 e. The fourth-order valence-electron chi connectivity index (χ4n) is 6.31. The minimum absolute atomic E-state index is 0.0122. The highest BCUT2D eigenvalue weighted by Crippen LogP contribution is 2.63. The highest BCUT2D eigenvalue weighted by Gasteiger charge is 2.58. The van der Waals surface area contributed by atoms with Crippen molar-refractivity contribution in [2.75, 3.05) is 7.11 Å². The largest absolute Gasteiger partial charge is 0.391 e. The Balaban J connectivity index is 1.72. The number of allylic oxidation sites excluding steroid dienone is 3. The fraction of sp³-hybridized carbons (Fsp3) is 0.800. The van der Waals surface area contributed by atoms with Crippen molar-refractivity contribution < 1.29 is 14.9 Å². The molecule has 4 rings (SSSR count). The maximum absolute atomic E-state index is 10.4. The third-order valence-electron chi connectivity index (χ3n) is 7.99. The van der Waals surface area contributed by atoms with E-state index < -0.39 is 12.2 Å². The first-order chi connectivity index (χ1) is 11.3. The van der Waals surface area contributed by atoms with Gasteiger partial charge in [-0.2, -0.15) is 0 Å². The van der Waals surface area contributed by atoms with Gasteiger partial charge in [0.05, 0.1) is 18.3 Å². The molecular formula is C20H31NO3. The molecule has 0 heterocycles. The van der Waals surface area contributed by atoms with Crippen molar-refractivity contribution in [3.05, 3.63) is 23.3 Å². The quantitative estimate of drug-likeness (QED) is 0.687. The van der Waals surface area contributed by atoms with Crippen LogP contribution in [0.2, 0.25) is 0 Å². The topological polar surface area (TPSA) is 75.7 Å². The standard InChI is InChI=1S/C20H31NO3/c1-19-7-6-13-12(14(19)9-16(23)18(19)21)5-4-11-8-15(22)17(24-3)10-20(11,13)2/h4-5,13-18,22-23H,6-10,21H2,1-3H3/t13-,14-,15+,16+,17+,18-,19-,20-/m0/s1. The minimum Gasteiger partial charge on any atom is -0.391 e. The second-order valence-corrected chi connectivity index (χ2v) is 9.00. The summed E-state index contributed by atoms with van der Waals surface area (Å²) in [5, 5.41) is 20.7. The molecule has 0 bridgehead atoms. The van der Waals surface area contributed by atoms with Crippen molar-refractivity contribution in [2.45, 2.75) is 70.3 Å². The van der Waals surface area contributed by atoms with Crippen molar-refractivity contribution in [3.8, 4) is 0 Å². The van der Waals surface area contributed by atoms with Gasteiger partial charge in [0, 0.05) is 13.2 Å². The van der Waals surface area contributed by atoms with Crippen LogP contribution in [0, 0.1) is 22.7 Å². The Kier molecular flexibility index (Phi) is 3.78. The van der Waals surface area contributed by atoms with Crippen LogP contribution < -0.4 is 5.73 Å². The van der Waals surface area contributed by atoms with Crippen molar-refractivity contribution in [2.24, 2.45) is 28.4 Å². The molecule has 4 N–H and O–H groups in total. The zero-order valence-corrected chi connectivity index (χ0v) is 15.0. The molecule has 4 nitrogen and oxygen atoms in total. The van der Waals surface area contributed by atoms with Crippen LogP contribution in [0.3, 0.4) is 0 Å². The molecule has 3 saturated carbocycles. The van der Waals surface area contributed by atoms with Gasteiger partial charge < -0.3 is 20.7 Å². The Morgan fingerprint density at radius 3 is 2.62 bits per heavy atom. The first-order valence-electron chi connectivity index (χ1n) is 9.37. The van der Waals surface area contributed by atoms with Crippen molar-refractivity contribution in [1.29, 1.82) is 0 Å². The van der Waals surface area contributed by atoms with Crippen LogP contribution in [0.5, 0.6) is 0 Å². The van der Waals surface area contributed by atoms with Crippen LogP contribution in [0.4, 0.5) is 0 Å². The third-order valence-corrected chi connectivity index (χ3v) is 7.99. The zero-order valence-electron chi connectivity index (χ0n) is 15.0. The lowest BCUT2D eigenvalue weighted by Crippen LogP contribution is -2.51. The van der Waals surface area contributed by atoms with Crippen molar-refractivity contribution in [1.82, 2.24) is 0 Å². The first-order valence-corrected chi connectivity index (χ1v) is 9.37. The number of methoxy groups -OCH3 is 1. The molecule has 0 aromatic rings. The summed E-state index contributed by atoms with van der Waals surface area (Å²) in [7, 11) is 1.70. The summed E-state index contributed by atoms with van der Waals surface area (Å²) in [6.07, 6.45) is 8.19. The van der Waals surface area contributed by atoms with Gasteiger partial charge in [0.2, 0.25) is 0 Å². The molecule has 0 spiro atoms. The summed E-state index contributed by atoms with van der Waals surface area (Å²) in [6, 6.07) is -0.123. The third kappa shape index (κ3) is 2.06. The molecule has 0 aromatic carbocycles. The van der Waals surface area contributed by atoms with Crippen LogP contribution in [-0.2, 0) is 4.74 Å². The van der Waals surface area contributed by atoms with Gasteiger partial charge in [0.15, 0.2) is 0 Å². The summed E-state index contributed by atoms with van der Waals surface area (Å²) in [5.74, 6) is 0.863. The lowest BCUT2D eigenvalue weighted by molar-refractivity contribution is -0.0649. The maximum Gasteiger partial charge on any atom is 0.0841 e. The lowest BCUT2D eigenvalue weighted by Gasteiger charge is -2.55. The summed E-state index contributed by atoms with van der Waals surface area (Å²) >= 11 is 0. The molecular weight excluding hydrogens is 302 g/mol. The summed E-state index contributed by atoms with van der Waals surface area (Å²) in [6.45, 7) is 4.61. The zero-order chi connectivity index (χ0) is 17.3. The van der Waals surface area contributed by atoms with E-state index in [1.165, 1.54) is 11.1 Å². The number of ether oxygens (including phenoxy) is 1. The molecule has 4 heteroatoms. The van der Waals surface area contributed by atoms with Gasteiger partial charge >= 0.3 is 0 Å². The number of hydrogen-bond donors (Lipinski definition) is 3. The van der Waals surface area contributed by atoms with Crippen LogP contribution >= 0.6 is 0 Å². The average Bonchev–Trinajstić information content (AvgIpc) is 2.78. The fourth-order valence-corrected chi connectivity index (χ4v) is 6.31. The van der Waals surface area contributed by atoms with Crippen LogP contribution in [0.25, 0.3) is 0 Å². The second-order valence-electron chi connectivity index (χ2n) is 9.00. The molecule has 0 aliphatic heterocycles. The van der Waals surface area contributed by atoms with Gasteiger partial charge in [-0.15, -0.1) is 0 Å². The number of hydrogen-bond acceptors (Lipinski definition) is 4. The predicted molar refractivity (Wildman–Crippen MR) is 93.2 cm³/mol. The summed E-state index contributed by atoms with van der Waals surface area (Å²) < 4.78 is 5.58. The molecule has 134 valence electrons. The molecule has 3 fully saturated rings. The molecule has 8 atom stereocenters. The number of fused-ring (bicyclic) bond motifs is 5. The van der Waals surface area contributed by atoms with Gasteiger partial charge in [-0.05, 0) is 54.8 Å². The molecule has 0 radical (unpaired) electrons. The molecule has 0 saturated heterocycles. The molecule has 0 unspecified atom stereocenters. The average molecular weight is 333 g/mol. The van der Waals surface area contributed by atoms with Gasteiger partial charge in [-0.25, -0.2) is 0 Å². The monoisotopic (exact) mass is 333 g/mol. The van der Waals surface area contributed by atoms with Gasteiger partial charge in [-0.3, -0.25) is 0 Å². The van der Waals surface area contributed by atoms with E-state index in [4.69, 9.17) is 10.5 Å². The Labute approximate surface area is 144 Å². The van der Waals surface area contributed by atoms with Crippen molar-refractivity contribution >= 4 is 0 Å². The van der Waals surface area contributed by atoms with E-state index in [1.807, 2.05) is 0 Å². The Bertz CT molecular complexity index is 600. The lowest BCUT2D eigenvalue weighted by atomic mass is 9.50. The second kappa shape index (κ2) is 5.41. The van der Waals surface area contributed by atoms with E-state index in [-0.39, 0.29) is 23.0 Å². The Hall–Kier alpha value is -0.680. The molecule has 4 aliphatic rings. The van der Waals surface area contributed by atoms with Crippen molar-refractivity contribution in [3.63, 3.8) is 0 Å². The molecule has 24 heavy (non-hydrogen) atoms. The van der Waals surface area contributed by atoms with Gasteiger partial charge in [-0.1, -0.05) is 37.1 Å². The van der Waals surface area contributed by atoms with E-state index in [0.717, 1.165) is 25.7 Å². The number of nitrogens with two attached hydrogens (primary N) is 1. The van der Waals surface area contributed by atoms with E-state index in [9.17, 15) is 10.2 Å². The molecule has 4 aliphatic carbocycles. The van der Waals surface area contributed by atoms with E-state index in [1.54, 1.807) is 7.11 Å². The summed E-state index contributed by atoms with van der Waals surface area (Å²) in [5.41, 5.74) is 9.28. The highest BCUT2D eigenvalue weighted by molar-refractivity contribution is 5.39. The Morgan fingerprint density at radius 2 is 1.92 bits per heavy atom. The van der Waals surface area contributed by atoms with Gasteiger partial charge in [0.1, 0.15) is 0 Å². The van der Waals surface area contributed by atoms with Crippen LogP contribution in [0.15, 0.2) is 23.3 Å². The van der Waals surface area contributed by atoms with Gasteiger partial charge in [0.25, 0.3) is 0 Å². The molecule has 0 aromatic heterocycles. The summed E-state index contributed by atoms with van der Waals surface area (Å²) in [4.78, 5) is 0. The van der Waals surface area contributed by atoms with Crippen LogP contribution in [-0.4, -0.2) is 41.7 Å². The van der Waals surface area contributed by atoms with Crippen LogP contribution in [0.1, 0.15) is 46.0 Å². The van der Waals surface area contributed by atoms with E-state index in [2.05, 4.69) is 26.0 Å². The highest BCUT2D eigenvalue weighted by atomic mass is 16.5.